The van der Waals surface area contributed by atoms with Crippen LogP contribution in [0.4, 0.5) is 0 Å². The van der Waals surface area contributed by atoms with E-state index in [4.69, 9.17) is 12.2 Å². The van der Waals surface area contributed by atoms with Crippen molar-refractivity contribution >= 4 is 39.7 Å². The Bertz CT molecular complexity index is 989. The Morgan fingerprint density at radius 1 is 1.32 bits per heavy atom. The summed E-state index contributed by atoms with van der Waals surface area (Å²) in [4.78, 5) is 27.6. The fraction of sp³-hybridized carbons (Fsp3) is 0.278. The predicted octanol–water partition coefficient (Wildman–Crippen LogP) is 3.78. The quantitative estimate of drug-likeness (QED) is 0.646. The molecule has 0 saturated heterocycles. The van der Waals surface area contributed by atoms with Crippen molar-refractivity contribution in [3.05, 3.63) is 62.5 Å². The lowest BCUT2D eigenvalue weighted by atomic mass is 10.1. The van der Waals surface area contributed by atoms with Crippen molar-refractivity contribution in [3.63, 3.8) is 0 Å². The number of carbonyl (C=O) groups excluding carboxylic acids is 1. The molecule has 2 heterocycles. The lowest BCUT2D eigenvalue weighted by Crippen LogP contribution is -2.27. The van der Waals surface area contributed by atoms with Crippen LogP contribution in [0.5, 0.6) is 0 Å². The molecule has 3 aromatic rings. The van der Waals surface area contributed by atoms with Crippen molar-refractivity contribution < 1.29 is 4.79 Å². The normalized spacial score (nSPS) is 12.2. The van der Waals surface area contributed by atoms with E-state index in [0.717, 1.165) is 11.1 Å². The van der Waals surface area contributed by atoms with Crippen LogP contribution in [-0.4, -0.2) is 15.5 Å². The van der Waals surface area contributed by atoms with Crippen molar-refractivity contribution in [2.75, 3.05) is 0 Å². The summed E-state index contributed by atoms with van der Waals surface area (Å²) in [6.45, 7) is 2.38. The van der Waals surface area contributed by atoms with Crippen molar-refractivity contribution in [1.29, 1.82) is 0 Å². The van der Waals surface area contributed by atoms with E-state index in [0.29, 0.717) is 28.9 Å². The molecule has 1 amide bonds. The van der Waals surface area contributed by atoms with Gasteiger partial charge in [-0.3, -0.25) is 14.2 Å². The minimum Gasteiger partial charge on any atom is -0.350 e. The topological polar surface area (TPSA) is 66.9 Å². The average molecular weight is 374 g/mol. The summed E-state index contributed by atoms with van der Waals surface area (Å²) in [6, 6.07) is 11.6. The minimum atomic E-state index is -0.0909. The summed E-state index contributed by atoms with van der Waals surface area (Å²) < 4.78 is 2.59. The lowest BCUT2D eigenvalue weighted by molar-refractivity contribution is -0.121. The third kappa shape index (κ3) is 4.05. The summed E-state index contributed by atoms with van der Waals surface area (Å²) >= 11 is 6.65. The second-order valence-corrected chi connectivity index (χ2v) is 7.16. The van der Waals surface area contributed by atoms with E-state index >= 15 is 0 Å². The lowest BCUT2D eigenvalue weighted by Gasteiger charge is -2.14. The van der Waals surface area contributed by atoms with Gasteiger partial charge in [-0.1, -0.05) is 30.3 Å². The highest BCUT2D eigenvalue weighted by Crippen LogP contribution is 2.14. The van der Waals surface area contributed by atoms with Crippen LogP contribution in [0, 0.1) is 4.77 Å². The van der Waals surface area contributed by atoms with Gasteiger partial charge in [-0.2, -0.15) is 0 Å². The molecule has 0 aliphatic heterocycles. The summed E-state index contributed by atoms with van der Waals surface area (Å²) in [7, 11) is 0. The van der Waals surface area contributed by atoms with Gasteiger partial charge in [0.15, 0.2) is 4.77 Å². The van der Waals surface area contributed by atoms with Gasteiger partial charge in [0.2, 0.25) is 5.91 Å². The number of nitrogens with zero attached hydrogens (tertiary/aromatic N) is 1. The number of aromatic amines is 1. The molecule has 1 unspecified atom stereocenters. The van der Waals surface area contributed by atoms with Crippen LogP contribution in [0.25, 0.3) is 10.2 Å². The fourth-order valence-electron chi connectivity index (χ4n) is 2.71. The van der Waals surface area contributed by atoms with Crippen molar-refractivity contribution in [1.82, 2.24) is 14.9 Å². The highest BCUT2D eigenvalue weighted by atomic mass is 32.1. The maximum absolute atomic E-state index is 12.4. The van der Waals surface area contributed by atoms with Crippen LogP contribution in [-0.2, 0) is 11.3 Å². The van der Waals surface area contributed by atoms with Crippen LogP contribution in [0.3, 0.4) is 0 Å². The van der Waals surface area contributed by atoms with E-state index in [2.05, 4.69) is 10.3 Å². The number of rotatable bonds is 6. The van der Waals surface area contributed by atoms with E-state index < -0.39 is 0 Å². The average Bonchev–Trinajstić information content (AvgIpc) is 3.07. The molecular formula is C18H19N3O2S2. The highest BCUT2D eigenvalue weighted by molar-refractivity contribution is 7.71. The maximum atomic E-state index is 12.4. The Balaban J connectivity index is 1.59. The third-order valence-corrected chi connectivity index (χ3v) is 5.28. The van der Waals surface area contributed by atoms with Gasteiger partial charge in [-0.05, 0) is 42.6 Å². The molecule has 0 aliphatic rings. The SMILES string of the molecule is CC(NC(=O)CCCn1c(=S)[nH]c2ccsc2c1=O)c1ccccc1. The van der Waals surface area contributed by atoms with Gasteiger partial charge in [0.1, 0.15) is 4.70 Å². The van der Waals surface area contributed by atoms with E-state index in [-0.39, 0.29) is 17.5 Å². The minimum absolute atomic E-state index is 0.0310. The number of thiophene rings is 1. The molecule has 25 heavy (non-hydrogen) atoms. The number of benzene rings is 1. The Hall–Kier alpha value is -2.25. The van der Waals surface area contributed by atoms with Gasteiger partial charge in [-0.15, -0.1) is 11.3 Å². The van der Waals surface area contributed by atoms with Gasteiger partial charge in [0.25, 0.3) is 5.56 Å². The number of aromatic nitrogens is 2. The molecule has 0 spiro atoms. The smallest absolute Gasteiger partial charge is 0.272 e. The van der Waals surface area contributed by atoms with Gasteiger partial charge in [-0.25, -0.2) is 0 Å². The molecule has 0 fully saturated rings. The summed E-state index contributed by atoms with van der Waals surface area (Å²) in [5.74, 6) is -0.0310. The van der Waals surface area contributed by atoms with Crippen LogP contribution in [0.2, 0.25) is 0 Å². The maximum Gasteiger partial charge on any atom is 0.272 e. The number of carbonyl (C=O) groups is 1. The van der Waals surface area contributed by atoms with Crippen LogP contribution in [0.15, 0.2) is 46.6 Å². The summed E-state index contributed by atoms with van der Waals surface area (Å²) in [5.41, 5.74) is 1.75. The van der Waals surface area contributed by atoms with Crippen molar-refractivity contribution in [2.45, 2.75) is 32.4 Å². The van der Waals surface area contributed by atoms with E-state index in [1.54, 1.807) is 0 Å². The second kappa shape index (κ2) is 7.76. The molecule has 130 valence electrons. The molecule has 0 saturated carbocycles. The number of amides is 1. The second-order valence-electron chi connectivity index (χ2n) is 5.85. The zero-order chi connectivity index (χ0) is 17.8. The molecule has 0 aliphatic carbocycles. The van der Waals surface area contributed by atoms with Crippen LogP contribution in [0.1, 0.15) is 31.4 Å². The first-order chi connectivity index (χ1) is 12.1. The summed E-state index contributed by atoms with van der Waals surface area (Å²) in [5, 5.41) is 4.84. The van der Waals surface area contributed by atoms with Crippen molar-refractivity contribution in [3.8, 4) is 0 Å². The molecule has 0 radical (unpaired) electrons. The van der Waals surface area contributed by atoms with Gasteiger partial charge >= 0.3 is 0 Å². The zero-order valence-corrected chi connectivity index (χ0v) is 15.5. The van der Waals surface area contributed by atoms with Crippen LogP contribution >= 0.6 is 23.6 Å². The zero-order valence-electron chi connectivity index (χ0n) is 13.8. The third-order valence-electron chi connectivity index (χ3n) is 4.05. The van der Waals surface area contributed by atoms with E-state index in [9.17, 15) is 9.59 Å². The molecule has 2 aromatic heterocycles. The first-order valence-electron chi connectivity index (χ1n) is 8.11. The predicted molar refractivity (Wildman–Crippen MR) is 104 cm³/mol. The largest absolute Gasteiger partial charge is 0.350 e. The number of hydrogen-bond acceptors (Lipinski definition) is 4. The monoisotopic (exact) mass is 373 g/mol. The Morgan fingerprint density at radius 2 is 2.08 bits per heavy atom. The molecular weight excluding hydrogens is 354 g/mol. The molecule has 2 N–H and O–H groups in total. The highest BCUT2D eigenvalue weighted by Gasteiger charge is 2.10. The van der Waals surface area contributed by atoms with Gasteiger partial charge < -0.3 is 10.3 Å². The Labute approximate surface area is 154 Å². The number of H-pyrrole nitrogens is 1. The Kier molecular flexibility index (Phi) is 5.45. The number of nitrogens with one attached hydrogen (secondary N) is 2. The molecule has 0 bridgehead atoms. The Morgan fingerprint density at radius 3 is 2.84 bits per heavy atom. The fourth-order valence-corrected chi connectivity index (χ4v) is 3.79. The van der Waals surface area contributed by atoms with Gasteiger partial charge in [0, 0.05) is 13.0 Å². The van der Waals surface area contributed by atoms with E-state index in [1.165, 1.54) is 15.9 Å². The molecule has 1 atom stereocenters. The van der Waals surface area contributed by atoms with Crippen molar-refractivity contribution in [2.24, 2.45) is 0 Å². The summed E-state index contributed by atoms with van der Waals surface area (Å²) in [6.07, 6.45) is 0.905. The molecule has 1 aromatic carbocycles. The first kappa shape index (κ1) is 17.6. The standard InChI is InChI=1S/C18H19N3O2S2/c1-12(13-6-3-2-4-7-13)19-15(22)8-5-10-21-17(23)16-14(9-11-25-16)20-18(21)24/h2-4,6-7,9,11-12H,5,8,10H2,1H3,(H,19,22)(H,20,24). The molecule has 5 nitrogen and oxygen atoms in total. The van der Waals surface area contributed by atoms with Gasteiger partial charge in [0.05, 0.1) is 11.6 Å². The number of fused-ring (bicyclic) bond motifs is 1. The van der Waals surface area contributed by atoms with Crippen LogP contribution < -0.4 is 10.9 Å². The first-order valence-corrected chi connectivity index (χ1v) is 9.39. The van der Waals surface area contributed by atoms with E-state index in [1.807, 2.05) is 48.7 Å². The molecule has 3 rings (SSSR count). The number of hydrogen-bond donors (Lipinski definition) is 2. The molecule has 7 heteroatoms.